The highest BCUT2D eigenvalue weighted by Gasteiger charge is 2.38. The van der Waals surface area contributed by atoms with E-state index in [1.54, 1.807) is 0 Å². The van der Waals surface area contributed by atoms with E-state index in [9.17, 15) is 0 Å². The van der Waals surface area contributed by atoms with Gasteiger partial charge in [-0.2, -0.15) is 0 Å². The third-order valence-electron chi connectivity index (χ3n) is 3.64. The number of hydrogen-bond acceptors (Lipinski definition) is 1. The van der Waals surface area contributed by atoms with E-state index in [1.807, 2.05) is 0 Å². The Morgan fingerprint density at radius 1 is 1.43 bits per heavy atom. The summed E-state index contributed by atoms with van der Waals surface area (Å²) in [5, 5.41) is 0. The molecule has 84 valence electrons. The van der Waals surface area contributed by atoms with Gasteiger partial charge in [0.1, 0.15) is 0 Å². The minimum Gasteiger partial charge on any atom is -0.375 e. The third kappa shape index (κ3) is 2.73. The summed E-state index contributed by atoms with van der Waals surface area (Å²) in [5.41, 5.74) is 0.202. The smallest absolute Gasteiger partial charge is 0.0707 e. The molecule has 0 bridgehead atoms. The molecule has 1 aliphatic carbocycles. The molecule has 0 aliphatic heterocycles. The van der Waals surface area contributed by atoms with Crippen molar-refractivity contribution < 1.29 is 4.74 Å². The third-order valence-corrected chi connectivity index (χ3v) is 3.64. The lowest BCUT2D eigenvalue weighted by Crippen LogP contribution is -2.42. The van der Waals surface area contributed by atoms with E-state index >= 15 is 0 Å². The molecule has 0 aromatic heterocycles. The fourth-order valence-electron chi connectivity index (χ4n) is 2.67. The van der Waals surface area contributed by atoms with Crippen molar-refractivity contribution in [2.24, 2.45) is 11.8 Å². The maximum absolute atomic E-state index is 6.15. The predicted molar refractivity (Wildman–Crippen MR) is 61.4 cm³/mol. The van der Waals surface area contributed by atoms with Crippen molar-refractivity contribution in [2.75, 3.05) is 6.61 Å². The quantitative estimate of drug-likeness (QED) is 0.663. The summed E-state index contributed by atoms with van der Waals surface area (Å²) in [5.74, 6) is 1.51. The van der Waals surface area contributed by atoms with Gasteiger partial charge in [0.05, 0.1) is 5.60 Å². The molecule has 14 heavy (non-hydrogen) atoms. The maximum Gasteiger partial charge on any atom is 0.0707 e. The molecule has 0 radical (unpaired) electrons. The van der Waals surface area contributed by atoms with Crippen molar-refractivity contribution in [3.63, 3.8) is 0 Å². The van der Waals surface area contributed by atoms with Gasteiger partial charge in [-0.3, -0.25) is 0 Å². The zero-order valence-corrected chi connectivity index (χ0v) is 10.3. The Balaban J connectivity index is 2.60. The lowest BCUT2D eigenvalue weighted by atomic mass is 9.73. The van der Waals surface area contributed by atoms with E-state index in [-0.39, 0.29) is 5.60 Å². The fourth-order valence-corrected chi connectivity index (χ4v) is 2.67. The highest BCUT2D eigenvalue weighted by Crippen LogP contribution is 2.40. The zero-order valence-electron chi connectivity index (χ0n) is 10.3. The minimum absolute atomic E-state index is 0.202. The van der Waals surface area contributed by atoms with Crippen LogP contribution in [0.15, 0.2) is 0 Å². The monoisotopic (exact) mass is 198 g/mol. The molecular formula is C13H26O. The van der Waals surface area contributed by atoms with Crippen LogP contribution in [0.25, 0.3) is 0 Å². The van der Waals surface area contributed by atoms with Crippen molar-refractivity contribution in [3.05, 3.63) is 0 Å². The molecule has 0 spiro atoms. The van der Waals surface area contributed by atoms with Crippen molar-refractivity contribution in [1.82, 2.24) is 0 Å². The summed E-state index contributed by atoms with van der Waals surface area (Å²) >= 11 is 0. The first-order valence-corrected chi connectivity index (χ1v) is 6.24. The molecule has 2 atom stereocenters. The minimum atomic E-state index is 0.202. The van der Waals surface area contributed by atoms with E-state index in [0.717, 1.165) is 18.9 Å². The molecule has 2 unspecified atom stereocenters. The van der Waals surface area contributed by atoms with Crippen LogP contribution < -0.4 is 0 Å². The van der Waals surface area contributed by atoms with Gasteiger partial charge in [0.25, 0.3) is 0 Å². The Morgan fingerprint density at radius 2 is 2.14 bits per heavy atom. The van der Waals surface area contributed by atoms with Gasteiger partial charge in [0.15, 0.2) is 0 Å². The lowest BCUT2D eigenvalue weighted by Gasteiger charge is -2.43. The van der Waals surface area contributed by atoms with Gasteiger partial charge >= 0.3 is 0 Å². The average Bonchev–Trinajstić information content (AvgIpc) is 2.14. The number of hydrogen-bond donors (Lipinski definition) is 0. The van der Waals surface area contributed by atoms with Gasteiger partial charge in [0, 0.05) is 6.61 Å². The highest BCUT2D eigenvalue weighted by molar-refractivity contribution is 4.89. The van der Waals surface area contributed by atoms with Gasteiger partial charge in [-0.25, -0.2) is 0 Å². The molecular weight excluding hydrogens is 172 g/mol. The molecule has 1 aliphatic rings. The van der Waals surface area contributed by atoms with Crippen molar-refractivity contribution in [1.29, 1.82) is 0 Å². The highest BCUT2D eigenvalue weighted by atomic mass is 16.5. The number of ether oxygens (including phenoxy) is 1. The fraction of sp³-hybridized carbons (Fsp3) is 1.00. The van der Waals surface area contributed by atoms with Crippen LogP contribution in [0.3, 0.4) is 0 Å². The summed E-state index contributed by atoms with van der Waals surface area (Å²) in [6.07, 6.45) is 6.43. The standard InChI is InChI=1S/C13H26O/c1-5-9-14-13(11(2)3)8-6-7-12(4)10-13/h11-12H,5-10H2,1-4H3. The van der Waals surface area contributed by atoms with Crippen LogP contribution in [0.1, 0.15) is 59.8 Å². The second-order valence-electron chi connectivity index (χ2n) is 5.27. The number of rotatable bonds is 4. The van der Waals surface area contributed by atoms with Gasteiger partial charge in [-0.15, -0.1) is 0 Å². The van der Waals surface area contributed by atoms with Gasteiger partial charge in [-0.05, 0) is 31.1 Å². The van der Waals surface area contributed by atoms with E-state index in [4.69, 9.17) is 4.74 Å². The lowest BCUT2D eigenvalue weighted by molar-refractivity contribution is -0.111. The van der Waals surface area contributed by atoms with Crippen molar-refractivity contribution in [3.8, 4) is 0 Å². The van der Waals surface area contributed by atoms with Crippen LogP contribution >= 0.6 is 0 Å². The second kappa shape index (κ2) is 5.16. The molecule has 0 heterocycles. The van der Waals surface area contributed by atoms with Crippen LogP contribution in [0.4, 0.5) is 0 Å². The largest absolute Gasteiger partial charge is 0.375 e. The molecule has 1 heteroatoms. The van der Waals surface area contributed by atoms with Crippen LogP contribution in [-0.4, -0.2) is 12.2 Å². The molecule has 1 nitrogen and oxygen atoms in total. The topological polar surface area (TPSA) is 9.23 Å². The Labute approximate surface area is 89.2 Å². The van der Waals surface area contributed by atoms with Crippen LogP contribution in [0.5, 0.6) is 0 Å². The van der Waals surface area contributed by atoms with Crippen LogP contribution in [-0.2, 0) is 4.74 Å². The SMILES string of the molecule is CCCOC1(C(C)C)CCCC(C)C1. The van der Waals surface area contributed by atoms with Crippen LogP contribution in [0, 0.1) is 11.8 Å². The van der Waals surface area contributed by atoms with Gasteiger partial charge in [-0.1, -0.05) is 40.5 Å². The summed E-state index contributed by atoms with van der Waals surface area (Å²) < 4.78 is 6.15. The van der Waals surface area contributed by atoms with Crippen molar-refractivity contribution in [2.45, 2.75) is 65.4 Å². The zero-order chi connectivity index (χ0) is 10.6. The summed E-state index contributed by atoms with van der Waals surface area (Å²) in [4.78, 5) is 0. The first kappa shape index (κ1) is 12.0. The average molecular weight is 198 g/mol. The molecule has 0 saturated heterocycles. The van der Waals surface area contributed by atoms with E-state index < -0.39 is 0 Å². The van der Waals surface area contributed by atoms with E-state index in [2.05, 4.69) is 27.7 Å². The Bertz CT molecular complexity index is 165. The normalized spacial score (nSPS) is 33.6. The van der Waals surface area contributed by atoms with Gasteiger partial charge in [0.2, 0.25) is 0 Å². The predicted octanol–water partition coefficient (Wildman–Crippen LogP) is 4.02. The Hall–Kier alpha value is -0.0400. The maximum atomic E-state index is 6.15. The Morgan fingerprint density at radius 3 is 2.64 bits per heavy atom. The molecule has 1 saturated carbocycles. The molecule has 0 N–H and O–H groups in total. The molecule has 1 fully saturated rings. The first-order chi connectivity index (χ1) is 6.60. The van der Waals surface area contributed by atoms with Crippen LogP contribution in [0.2, 0.25) is 0 Å². The molecule has 1 rings (SSSR count). The summed E-state index contributed by atoms with van der Waals surface area (Å²) in [6.45, 7) is 10.1. The first-order valence-electron chi connectivity index (χ1n) is 6.24. The van der Waals surface area contributed by atoms with Gasteiger partial charge < -0.3 is 4.74 Å². The summed E-state index contributed by atoms with van der Waals surface area (Å²) in [6, 6.07) is 0. The Kier molecular flexibility index (Phi) is 4.43. The molecule has 0 aromatic rings. The van der Waals surface area contributed by atoms with E-state index in [0.29, 0.717) is 5.92 Å². The van der Waals surface area contributed by atoms with Crippen molar-refractivity contribution >= 4 is 0 Å². The molecule has 0 aromatic carbocycles. The second-order valence-corrected chi connectivity index (χ2v) is 5.27. The van der Waals surface area contributed by atoms with E-state index in [1.165, 1.54) is 25.7 Å². The summed E-state index contributed by atoms with van der Waals surface area (Å²) in [7, 11) is 0. The molecule has 0 amide bonds.